The van der Waals surface area contributed by atoms with E-state index >= 15 is 0 Å². The number of anilines is 2. The van der Waals surface area contributed by atoms with Gasteiger partial charge in [-0.3, -0.25) is 0 Å². The van der Waals surface area contributed by atoms with Crippen LogP contribution in [-0.4, -0.2) is 32.0 Å². The van der Waals surface area contributed by atoms with E-state index in [2.05, 4.69) is 10.3 Å². The molecule has 0 aliphatic heterocycles. The van der Waals surface area contributed by atoms with E-state index in [4.69, 9.17) is 5.73 Å². The Kier molecular flexibility index (Phi) is 3.70. The van der Waals surface area contributed by atoms with Crippen molar-refractivity contribution in [1.82, 2.24) is 4.98 Å². The van der Waals surface area contributed by atoms with Crippen LogP contribution in [0.25, 0.3) is 0 Å². The number of rotatable bonds is 5. The molecule has 1 heterocycles. The number of aromatic nitrogens is 1. The third kappa shape index (κ3) is 4.43. The summed E-state index contributed by atoms with van der Waals surface area (Å²) in [6, 6.07) is 0. The number of nitrogens with zero attached hydrogens (tertiary/aromatic N) is 1. The molecule has 14 heavy (non-hydrogen) atoms. The molecule has 5 nitrogen and oxygen atoms in total. The summed E-state index contributed by atoms with van der Waals surface area (Å²) in [7, 11) is -2.86. The minimum absolute atomic E-state index is 0.195. The number of hydrogen-bond acceptors (Lipinski definition) is 6. The maximum atomic E-state index is 10.8. The third-order valence-electron chi connectivity index (χ3n) is 1.49. The van der Waals surface area contributed by atoms with Crippen molar-refractivity contribution < 1.29 is 8.42 Å². The smallest absolute Gasteiger partial charge is 0.184 e. The van der Waals surface area contributed by atoms with Crippen LogP contribution in [0.15, 0.2) is 6.20 Å². The van der Waals surface area contributed by atoms with Gasteiger partial charge in [0.05, 0.1) is 11.9 Å². The van der Waals surface area contributed by atoms with Gasteiger partial charge in [-0.2, -0.15) is 0 Å². The molecule has 0 amide bonds. The van der Waals surface area contributed by atoms with E-state index in [0.29, 0.717) is 18.0 Å². The lowest BCUT2D eigenvalue weighted by Crippen LogP contribution is -2.09. The van der Waals surface area contributed by atoms with Gasteiger partial charge in [0.25, 0.3) is 0 Å². The van der Waals surface area contributed by atoms with Crippen LogP contribution in [0.1, 0.15) is 6.42 Å². The molecule has 0 saturated carbocycles. The van der Waals surface area contributed by atoms with Crippen LogP contribution >= 0.6 is 11.3 Å². The van der Waals surface area contributed by atoms with Crippen molar-refractivity contribution in [2.75, 3.05) is 29.6 Å². The van der Waals surface area contributed by atoms with Crippen LogP contribution in [0.3, 0.4) is 0 Å². The average Bonchev–Trinajstić information content (AvgIpc) is 2.44. The van der Waals surface area contributed by atoms with Crippen LogP contribution in [0, 0.1) is 0 Å². The van der Waals surface area contributed by atoms with E-state index in [1.165, 1.54) is 17.6 Å². The molecule has 1 rings (SSSR count). The zero-order valence-electron chi connectivity index (χ0n) is 7.86. The molecule has 0 aliphatic rings. The van der Waals surface area contributed by atoms with E-state index in [9.17, 15) is 8.42 Å². The van der Waals surface area contributed by atoms with E-state index in [1.54, 1.807) is 6.20 Å². The number of nitrogens with two attached hydrogens (primary N) is 1. The lowest BCUT2D eigenvalue weighted by Gasteiger charge is -2.00. The van der Waals surface area contributed by atoms with Gasteiger partial charge < -0.3 is 11.1 Å². The van der Waals surface area contributed by atoms with E-state index < -0.39 is 9.84 Å². The lowest BCUT2D eigenvalue weighted by atomic mass is 10.5. The van der Waals surface area contributed by atoms with Gasteiger partial charge in [0.15, 0.2) is 5.13 Å². The largest absolute Gasteiger partial charge is 0.389 e. The topological polar surface area (TPSA) is 85.1 Å². The molecule has 0 spiro atoms. The van der Waals surface area contributed by atoms with E-state index in [-0.39, 0.29) is 5.75 Å². The highest BCUT2D eigenvalue weighted by Gasteiger charge is 2.02. The Morgan fingerprint density at radius 1 is 1.64 bits per heavy atom. The minimum atomic E-state index is -2.86. The highest BCUT2D eigenvalue weighted by molar-refractivity contribution is 7.90. The second-order valence-corrected chi connectivity index (χ2v) is 6.30. The second-order valence-electron chi connectivity index (χ2n) is 2.98. The SMILES string of the molecule is CS(=O)(=O)CCCNc1ncc(N)s1. The highest BCUT2D eigenvalue weighted by atomic mass is 32.2. The molecular weight excluding hydrogens is 222 g/mol. The molecule has 0 bridgehead atoms. The van der Waals surface area contributed by atoms with Crippen LogP contribution in [0.2, 0.25) is 0 Å². The van der Waals surface area contributed by atoms with Gasteiger partial charge in [0, 0.05) is 12.8 Å². The summed E-state index contributed by atoms with van der Waals surface area (Å²) in [5, 5.41) is 4.38. The number of thiazole rings is 1. The first-order chi connectivity index (χ1) is 6.47. The Bertz CT molecular complexity index is 385. The number of nitrogens with one attached hydrogen (secondary N) is 1. The molecule has 1 aromatic rings. The molecule has 1 aromatic heterocycles. The number of hydrogen-bond donors (Lipinski definition) is 2. The monoisotopic (exact) mass is 235 g/mol. The van der Waals surface area contributed by atoms with Crippen molar-refractivity contribution in [3.8, 4) is 0 Å². The lowest BCUT2D eigenvalue weighted by molar-refractivity contribution is 0.600. The van der Waals surface area contributed by atoms with Crippen molar-refractivity contribution in [2.45, 2.75) is 6.42 Å². The fraction of sp³-hybridized carbons (Fsp3) is 0.571. The van der Waals surface area contributed by atoms with Gasteiger partial charge in [-0.1, -0.05) is 11.3 Å². The molecule has 80 valence electrons. The molecule has 7 heteroatoms. The van der Waals surface area contributed by atoms with Crippen molar-refractivity contribution in [3.05, 3.63) is 6.20 Å². The van der Waals surface area contributed by atoms with Gasteiger partial charge in [0.1, 0.15) is 14.8 Å². The highest BCUT2D eigenvalue weighted by Crippen LogP contribution is 2.19. The molecule has 0 aromatic carbocycles. The van der Waals surface area contributed by atoms with Gasteiger partial charge in [0.2, 0.25) is 0 Å². The Morgan fingerprint density at radius 2 is 2.36 bits per heavy atom. The Hall–Kier alpha value is -0.820. The van der Waals surface area contributed by atoms with Crippen LogP contribution in [0.4, 0.5) is 10.1 Å². The third-order valence-corrected chi connectivity index (χ3v) is 3.31. The summed E-state index contributed by atoms with van der Waals surface area (Å²) >= 11 is 1.35. The molecule has 0 radical (unpaired) electrons. The van der Waals surface area contributed by atoms with E-state index in [0.717, 1.165) is 5.13 Å². The van der Waals surface area contributed by atoms with Crippen LogP contribution in [-0.2, 0) is 9.84 Å². The van der Waals surface area contributed by atoms with Crippen molar-refractivity contribution >= 4 is 31.3 Å². The zero-order valence-corrected chi connectivity index (χ0v) is 9.49. The number of sulfone groups is 1. The maximum absolute atomic E-state index is 10.8. The van der Waals surface area contributed by atoms with Gasteiger partial charge in [-0.25, -0.2) is 13.4 Å². The first-order valence-corrected chi connectivity index (χ1v) is 6.98. The number of nitrogen functional groups attached to an aromatic ring is 1. The molecule has 0 aliphatic carbocycles. The predicted octanol–water partition coefficient (Wildman–Crippen LogP) is 0.572. The zero-order chi connectivity index (χ0) is 10.6. The summed E-state index contributed by atoms with van der Waals surface area (Å²) < 4.78 is 21.6. The quantitative estimate of drug-likeness (QED) is 0.729. The Labute approximate surface area is 87.3 Å². The molecule has 3 N–H and O–H groups in total. The molecular formula is C7H13N3O2S2. The Balaban J connectivity index is 2.23. The second kappa shape index (κ2) is 4.61. The first-order valence-electron chi connectivity index (χ1n) is 4.10. The summed E-state index contributed by atoms with van der Waals surface area (Å²) in [5.41, 5.74) is 5.47. The summed E-state index contributed by atoms with van der Waals surface area (Å²) in [6.07, 6.45) is 3.39. The normalized spacial score (nSPS) is 11.5. The fourth-order valence-electron chi connectivity index (χ4n) is 0.898. The Morgan fingerprint density at radius 3 is 2.86 bits per heavy atom. The molecule has 0 atom stereocenters. The van der Waals surface area contributed by atoms with Crippen LogP contribution in [0.5, 0.6) is 0 Å². The standard InChI is InChI=1S/C7H13N3O2S2/c1-14(11,12)4-2-3-9-7-10-5-6(8)13-7/h5H,2-4,8H2,1H3,(H,9,10). The summed E-state index contributed by atoms with van der Waals surface area (Å²) in [5.74, 6) is 0.195. The van der Waals surface area contributed by atoms with Crippen molar-refractivity contribution in [2.24, 2.45) is 0 Å². The van der Waals surface area contributed by atoms with Gasteiger partial charge in [-0.15, -0.1) is 0 Å². The molecule has 0 unspecified atom stereocenters. The predicted molar refractivity (Wildman–Crippen MR) is 59.3 cm³/mol. The van der Waals surface area contributed by atoms with Gasteiger partial charge >= 0.3 is 0 Å². The first kappa shape index (κ1) is 11.3. The van der Waals surface area contributed by atoms with Crippen molar-refractivity contribution in [1.29, 1.82) is 0 Å². The minimum Gasteiger partial charge on any atom is -0.389 e. The molecule has 0 saturated heterocycles. The van der Waals surface area contributed by atoms with Gasteiger partial charge in [-0.05, 0) is 6.42 Å². The van der Waals surface area contributed by atoms with E-state index in [1.807, 2.05) is 0 Å². The molecule has 0 fully saturated rings. The fourth-order valence-corrected chi connectivity index (χ4v) is 2.18. The van der Waals surface area contributed by atoms with Crippen molar-refractivity contribution in [3.63, 3.8) is 0 Å². The maximum Gasteiger partial charge on any atom is 0.184 e. The summed E-state index contributed by atoms with van der Waals surface area (Å²) in [6.45, 7) is 0.597. The van der Waals surface area contributed by atoms with Crippen LogP contribution < -0.4 is 11.1 Å². The summed E-state index contributed by atoms with van der Waals surface area (Å²) in [4.78, 5) is 3.98. The average molecular weight is 235 g/mol.